The molecule has 3 heterocycles. The van der Waals surface area contributed by atoms with Gasteiger partial charge in [-0.25, -0.2) is 0 Å². The maximum Gasteiger partial charge on any atom is 0.0397 e. The molecule has 3 rings (SSSR count). The van der Waals surface area contributed by atoms with Crippen LogP contribution in [0.3, 0.4) is 0 Å². The van der Waals surface area contributed by atoms with Crippen LogP contribution in [0.1, 0.15) is 32.6 Å². The van der Waals surface area contributed by atoms with Crippen LogP contribution in [0.5, 0.6) is 0 Å². The number of likely N-dealkylation sites (tertiary alicyclic amines) is 1. The molecule has 2 fully saturated rings. The van der Waals surface area contributed by atoms with E-state index in [1.165, 1.54) is 44.5 Å². The largest absolute Gasteiger partial charge is 0.371 e. The summed E-state index contributed by atoms with van der Waals surface area (Å²) < 4.78 is 0. The van der Waals surface area contributed by atoms with Gasteiger partial charge in [-0.1, -0.05) is 0 Å². The first-order chi connectivity index (χ1) is 10.3. The number of piperidine rings is 1. The maximum atomic E-state index is 4.10. The Morgan fingerprint density at radius 1 is 1.14 bits per heavy atom. The lowest BCUT2D eigenvalue weighted by Crippen LogP contribution is -2.47. The van der Waals surface area contributed by atoms with Gasteiger partial charge in [0.15, 0.2) is 0 Å². The summed E-state index contributed by atoms with van der Waals surface area (Å²) in [5.41, 5.74) is 1.31. The van der Waals surface area contributed by atoms with Crippen molar-refractivity contribution in [3.8, 4) is 0 Å². The summed E-state index contributed by atoms with van der Waals surface area (Å²) in [4.78, 5) is 9.20. The molecule has 0 bridgehead atoms. The van der Waals surface area contributed by atoms with E-state index in [2.05, 4.69) is 39.2 Å². The highest BCUT2D eigenvalue weighted by Gasteiger charge is 2.22. The van der Waals surface area contributed by atoms with E-state index in [0.717, 1.165) is 19.6 Å². The molecule has 0 amide bonds. The Balaban J connectivity index is 1.39. The Bertz CT molecular complexity index is 408. The van der Waals surface area contributed by atoms with Crippen LogP contribution in [-0.2, 0) is 0 Å². The van der Waals surface area contributed by atoms with Crippen LogP contribution in [0.2, 0.25) is 0 Å². The van der Waals surface area contributed by atoms with Gasteiger partial charge in [0.05, 0.1) is 0 Å². The van der Waals surface area contributed by atoms with Crippen molar-refractivity contribution in [1.82, 2.24) is 15.2 Å². The van der Waals surface area contributed by atoms with Crippen LogP contribution in [0, 0.1) is 0 Å². The van der Waals surface area contributed by atoms with E-state index >= 15 is 0 Å². The Morgan fingerprint density at radius 3 is 2.48 bits per heavy atom. The Morgan fingerprint density at radius 2 is 1.81 bits per heavy atom. The molecule has 2 aliphatic rings. The van der Waals surface area contributed by atoms with Crippen molar-refractivity contribution in [2.24, 2.45) is 0 Å². The van der Waals surface area contributed by atoms with Gasteiger partial charge < -0.3 is 10.2 Å². The topological polar surface area (TPSA) is 31.4 Å². The van der Waals surface area contributed by atoms with Crippen LogP contribution in [0.25, 0.3) is 0 Å². The third kappa shape index (κ3) is 3.95. The van der Waals surface area contributed by atoms with Gasteiger partial charge in [0.25, 0.3) is 0 Å². The van der Waals surface area contributed by atoms with Crippen LogP contribution in [0.15, 0.2) is 24.5 Å². The van der Waals surface area contributed by atoms with E-state index in [-0.39, 0.29) is 0 Å². The van der Waals surface area contributed by atoms with Gasteiger partial charge in [-0.05, 0) is 57.8 Å². The van der Waals surface area contributed by atoms with E-state index < -0.39 is 0 Å². The van der Waals surface area contributed by atoms with Crippen molar-refractivity contribution < 1.29 is 0 Å². The molecular formula is C17H28N4. The number of hydrogen-bond donors (Lipinski definition) is 1. The van der Waals surface area contributed by atoms with Gasteiger partial charge in [-0.2, -0.15) is 0 Å². The SMILES string of the molecule is CC(CNC1CCN(c2ccncc2)CC1)N1CCCC1. The van der Waals surface area contributed by atoms with E-state index in [1.54, 1.807) is 0 Å². The maximum absolute atomic E-state index is 4.10. The molecule has 116 valence electrons. The van der Waals surface area contributed by atoms with Crippen LogP contribution in [0.4, 0.5) is 5.69 Å². The summed E-state index contributed by atoms with van der Waals surface area (Å²) in [7, 11) is 0. The second-order valence-corrected chi connectivity index (χ2v) is 6.47. The molecule has 0 saturated carbocycles. The summed E-state index contributed by atoms with van der Waals surface area (Å²) in [5, 5.41) is 3.79. The minimum absolute atomic E-state index is 0.686. The van der Waals surface area contributed by atoms with Crippen LogP contribution < -0.4 is 10.2 Å². The monoisotopic (exact) mass is 288 g/mol. The Hall–Kier alpha value is -1.13. The summed E-state index contributed by atoms with van der Waals surface area (Å²) in [6.45, 7) is 8.40. The Kier molecular flexibility index (Phi) is 5.09. The first-order valence-corrected chi connectivity index (χ1v) is 8.45. The molecule has 2 aliphatic heterocycles. The lowest BCUT2D eigenvalue weighted by molar-refractivity contribution is 0.241. The zero-order chi connectivity index (χ0) is 14.5. The quantitative estimate of drug-likeness (QED) is 0.899. The summed E-state index contributed by atoms with van der Waals surface area (Å²) in [5.74, 6) is 0. The lowest BCUT2D eigenvalue weighted by atomic mass is 10.0. The fourth-order valence-electron chi connectivity index (χ4n) is 3.55. The number of pyridine rings is 1. The van der Waals surface area contributed by atoms with Crippen LogP contribution >= 0.6 is 0 Å². The minimum atomic E-state index is 0.686. The molecule has 4 nitrogen and oxygen atoms in total. The zero-order valence-corrected chi connectivity index (χ0v) is 13.2. The molecule has 4 heteroatoms. The van der Waals surface area contributed by atoms with Gasteiger partial charge in [0.2, 0.25) is 0 Å². The Labute approximate surface area is 128 Å². The van der Waals surface area contributed by atoms with Crippen molar-refractivity contribution in [1.29, 1.82) is 0 Å². The van der Waals surface area contributed by atoms with E-state index in [9.17, 15) is 0 Å². The molecule has 1 aromatic rings. The lowest BCUT2D eigenvalue weighted by Gasteiger charge is -2.35. The van der Waals surface area contributed by atoms with Gasteiger partial charge in [-0.15, -0.1) is 0 Å². The van der Waals surface area contributed by atoms with Crippen LogP contribution in [-0.4, -0.2) is 54.7 Å². The van der Waals surface area contributed by atoms with Crippen molar-refractivity contribution >= 4 is 5.69 Å². The molecule has 1 N–H and O–H groups in total. The van der Waals surface area contributed by atoms with Crippen molar-refractivity contribution in [2.45, 2.75) is 44.7 Å². The first kappa shape index (κ1) is 14.8. The number of rotatable bonds is 5. The third-order valence-corrected chi connectivity index (χ3v) is 4.99. The first-order valence-electron chi connectivity index (χ1n) is 8.45. The highest BCUT2D eigenvalue weighted by Crippen LogP contribution is 2.19. The number of nitrogens with one attached hydrogen (secondary N) is 1. The van der Waals surface area contributed by atoms with Gasteiger partial charge >= 0.3 is 0 Å². The van der Waals surface area contributed by atoms with Crippen molar-refractivity contribution in [2.75, 3.05) is 37.6 Å². The smallest absolute Gasteiger partial charge is 0.0397 e. The third-order valence-electron chi connectivity index (χ3n) is 4.99. The molecule has 0 aromatic carbocycles. The summed E-state index contributed by atoms with van der Waals surface area (Å²) in [6.07, 6.45) is 9.03. The standard InChI is InChI=1S/C17H28N4/c1-15(20-10-2-3-11-20)14-19-16-6-12-21(13-7-16)17-4-8-18-9-5-17/h4-5,8-9,15-16,19H,2-3,6-7,10-14H2,1H3. The average molecular weight is 288 g/mol. The zero-order valence-electron chi connectivity index (χ0n) is 13.2. The molecule has 1 atom stereocenters. The van der Waals surface area contributed by atoms with Gasteiger partial charge in [0.1, 0.15) is 0 Å². The molecule has 2 saturated heterocycles. The number of hydrogen-bond acceptors (Lipinski definition) is 4. The van der Waals surface area contributed by atoms with Gasteiger partial charge in [-0.3, -0.25) is 9.88 Å². The molecule has 1 aromatic heterocycles. The summed E-state index contributed by atoms with van der Waals surface area (Å²) in [6, 6.07) is 5.60. The number of aromatic nitrogens is 1. The minimum Gasteiger partial charge on any atom is -0.371 e. The molecule has 0 spiro atoms. The fraction of sp³-hybridized carbons (Fsp3) is 0.706. The predicted octanol–water partition coefficient (Wildman–Crippen LogP) is 2.12. The molecule has 21 heavy (non-hydrogen) atoms. The second kappa shape index (κ2) is 7.23. The predicted molar refractivity (Wildman–Crippen MR) is 87.7 cm³/mol. The number of anilines is 1. The normalized spacial score (nSPS) is 22.6. The van der Waals surface area contributed by atoms with Gasteiger partial charge in [0, 0.05) is 49.8 Å². The molecular weight excluding hydrogens is 260 g/mol. The highest BCUT2D eigenvalue weighted by atomic mass is 15.2. The summed E-state index contributed by atoms with van der Waals surface area (Å²) >= 11 is 0. The average Bonchev–Trinajstić information content (AvgIpc) is 3.08. The molecule has 0 radical (unpaired) electrons. The van der Waals surface area contributed by atoms with E-state index in [4.69, 9.17) is 0 Å². The number of nitrogens with zero attached hydrogens (tertiary/aromatic N) is 3. The second-order valence-electron chi connectivity index (χ2n) is 6.47. The molecule has 1 unspecified atom stereocenters. The molecule has 0 aliphatic carbocycles. The van der Waals surface area contributed by atoms with Crippen molar-refractivity contribution in [3.05, 3.63) is 24.5 Å². The highest BCUT2D eigenvalue weighted by molar-refractivity contribution is 5.44. The fourth-order valence-corrected chi connectivity index (χ4v) is 3.55. The van der Waals surface area contributed by atoms with E-state index in [0.29, 0.717) is 12.1 Å². The van der Waals surface area contributed by atoms with E-state index in [1.807, 2.05) is 12.4 Å². The van der Waals surface area contributed by atoms with Crippen molar-refractivity contribution in [3.63, 3.8) is 0 Å².